The Morgan fingerprint density at radius 2 is 1.17 bits per heavy atom. The summed E-state index contributed by atoms with van der Waals surface area (Å²) in [5.41, 5.74) is 11.9. The van der Waals surface area contributed by atoms with Crippen molar-refractivity contribution in [1.29, 1.82) is 0 Å². The minimum Gasteiger partial charge on any atom is -0.457 e. The third-order valence-corrected chi connectivity index (χ3v) is 15.8. The number of fused-ring (bicyclic) bond motifs is 8. The molecular weight excluding hydrogens is 900 g/mol. The number of pyridine rings is 2. The maximum absolute atomic E-state index is 7.01. The molecule has 4 aliphatic rings. The van der Waals surface area contributed by atoms with Gasteiger partial charge in [-0.1, -0.05) is 127 Å². The number of nitrogens with zero attached hydrogens (tertiary/aromatic N) is 2. The number of benzene rings is 3. The largest absolute Gasteiger partial charge is 2.00 e. The Balaban J connectivity index is 0.00000484. The molecule has 59 heavy (non-hydrogen) atoms. The van der Waals surface area contributed by atoms with Crippen LogP contribution in [0.2, 0.25) is 0 Å². The van der Waals surface area contributed by atoms with E-state index in [0.29, 0.717) is 0 Å². The van der Waals surface area contributed by atoms with Crippen molar-refractivity contribution in [3.63, 3.8) is 0 Å². The van der Waals surface area contributed by atoms with Gasteiger partial charge in [0.15, 0.2) is 0 Å². The van der Waals surface area contributed by atoms with E-state index in [4.69, 9.17) is 14.7 Å². The summed E-state index contributed by atoms with van der Waals surface area (Å²) in [4.78, 5) is 12.0. The number of allylic oxidation sites excluding steroid dienone is 4. The first-order valence-corrected chi connectivity index (χ1v) is 21.3. The predicted molar refractivity (Wildman–Crippen MR) is 238 cm³/mol. The number of hydrogen-bond acceptors (Lipinski definition) is 3. The van der Waals surface area contributed by atoms with E-state index in [-0.39, 0.29) is 65.4 Å². The summed E-state index contributed by atoms with van der Waals surface area (Å²) >= 11 is 0. The van der Waals surface area contributed by atoms with Gasteiger partial charge in [-0.25, -0.2) is 12.2 Å². The molecule has 0 radical (unpaired) electrons. The molecule has 0 saturated heterocycles. The minimum atomic E-state index is -0.928. The van der Waals surface area contributed by atoms with Crippen LogP contribution >= 0.6 is 0 Å². The molecule has 306 valence electrons. The topological polar surface area (TPSA) is 35.0 Å². The second-order valence-electron chi connectivity index (χ2n) is 21.8. The van der Waals surface area contributed by atoms with Gasteiger partial charge >= 0.3 is 21.1 Å². The second kappa shape index (κ2) is 13.2. The van der Waals surface area contributed by atoms with Crippen LogP contribution in [0.3, 0.4) is 0 Å². The fourth-order valence-corrected chi connectivity index (χ4v) is 10.6. The van der Waals surface area contributed by atoms with Crippen LogP contribution in [0.4, 0.5) is 0 Å². The first-order valence-electron chi connectivity index (χ1n) is 21.3. The van der Waals surface area contributed by atoms with Crippen LogP contribution in [0.1, 0.15) is 159 Å². The molecule has 3 aromatic carbocycles. The summed E-state index contributed by atoms with van der Waals surface area (Å²) in [6.07, 6.45) is 10.5. The molecule has 0 amide bonds. The average molecular weight is 960 g/mol. The Labute approximate surface area is 368 Å². The molecule has 2 atom stereocenters. The standard InChI is InChI=1S/C55H60N2O.Pt/c1-49(2,3)33-23-27-43-41(31-33)55(42-32-34(50(4,5)6)24-28-44(42)58-43,45-29-25-39-47(56-45)35-19-15-17-21-37(35)51(7,8)53(39,11)12)46-30-26-40-48(57-46)36-20-16-18-22-38(36)52(9,10)54(40,13)14;/h15-18,21-32,35,37H,1-14H3;/q-2;+2. The van der Waals surface area contributed by atoms with Gasteiger partial charge in [0, 0.05) is 16.8 Å². The zero-order chi connectivity index (χ0) is 41.6. The molecule has 3 nitrogen and oxygen atoms in total. The van der Waals surface area contributed by atoms with Crippen LogP contribution in [0.25, 0.3) is 11.3 Å². The maximum Gasteiger partial charge on any atom is 2.00 e. The van der Waals surface area contributed by atoms with Gasteiger partial charge in [0.1, 0.15) is 16.9 Å². The second-order valence-corrected chi connectivity index (χ2v) is 21.8. The van der Waals surface area contributed by atoms with Gasteiger partial charge in [-0.2, -0.15) is 6.08 Å². The Hall–Kier alpha value is -4.07. The molecule has 3 aliphatic carbocycles. The van der Waals surface area contributed by atoms with Crippen molar-refractivity contribution in [3.8, 4) is 22.8 Å². The maximum atomic E-state index is 7.01. The van der Waals surface area contributed by atoms with E-state index in [1.54, 1.807) is 0 Å². The average Bonchev–Trinajstić information content (AvgIpc) is 3.17. The summed E-state index contributed by atoms with van der Waals surface area (Å²) < 4.78 is 7.01. The van der Waals surface area contributed by atoms with Crippen molar-refractivity contribution >= 4 is 0 Å². The Bertz CT molecular complexity index is 2520. The Morgan fingerprint density at radius 3 is 1.76 bits per heavy atom. The third-order valence-electron chi connectivity index (χ3n) is 15.8. The summed E-state index contributed by atoms with van der Waals surface area (Å²) in [7, 11) is 0. The molecule has 9 rings (SSSR count). The Kier molecular flexibility index (Phi) is 9.33. The van der Waals surface area contributed by atoms with Crippen LogP contribution in [-0.4, -0.2) is 9.97 Å². The molecule has 0 saturated carbocycles. The Morgan fingerprint density at radius 1 is 0.610 bits per heavy atom. The fourth-order valence-electron chi connectivity index (χ4n) is 10.6. The van der Waals surface area contributed by atoms with Crippen LogP contribution in [0.15, 0.2) is 97.1 Å². The molecular formula is C55H60N2OPt. The van der Waals surface area contributed by atoms with Crippen molar-refractivity contribution in [1.82, 2.24) is 9.97 Å². The van der Waals surface area contributed by atoms with Gasteiger partial charge in [-0.3, -0.25) is 16.0 Å². The first-order chi connectivity index (χ1) is 27.0. The number of aromatic nitrogens is 2. The van der Waals surface area contributed by atoms with Gasteiger partial charge in [0.05, 0.1) is 11.4 Å². The van der Waals surface area contributed by atoms with Gasteiger partial charge in [0.2, 0.25) is 0 Å². The molecule has 4 heteroatoms. The molecule has 0 fully saturated rings. The van der Waals surface area contributed by atoms with Gasteiger partial charge in [0.25, 0.3) is 0 Å². The summed E-state index contributed by atoms with van der Waals surface area (Å²) in [6, 6.07) is 33.1. The molecule has 0 spiro atoms. The van der Waals surface area contributed by atoms with Gasteiger partial charge < -0.3 is 4.74 Å². The SMILES string of the molecule is CC(C)(C)c1ccc2c(c1)C(c1ccc3c(n1)-c1[c-]cccc1C(C)(C)C3(C)C)(c1ccc3c(n1)C1[C-]=CC=CC1C(C)(C)C3(C)C)c1cc(C(C)(C)C)ccc1O2.[Pt+2]. The fraction of sp³-hybridized carbons (Fsp3) is 0.418. The van der Waals surface area contributed by atoms with E-state index in [1.807, 2.05) is 6.07 Å². The molecule has 1 aliphatic heterocycles. The van der Waals surface area contributed by atoms with E-state index >= 15 is 0 Å². The van der Waals surface area contributed by atoms with Crippen molar-refractivity contribution in [3.05, 3.63) is 165 Å². The molecule has 3 heterocycles. The predicted octanol–water partition coefficient (Wildman–Crippen LogP) is 13.5. The minimum absolute atomic E-state index is 0. The van der Waals surface area contributed by atoms with Crippen molar-refractivity contribution in [2.45, 2.75) is 135 Å². The van der Waals surface area contributed by atoms with Crippen LogP contribution < -0.4 is 4.74 Å². The van der Waals surface area contributed by atoms with Crippen LogP contribution in [-0.2, 0) is 53.6 Å². The quantitative estimate of drug-likeness (QED) is 0.162. The molecule has 2 unspecified atom stereocenters. The van der Waals surface area contributed by atoms with E-state index in [1.165, 1.54) is 27.8 Å². The first kappa shape index (κ1) is 41.7. The molecule has 0 N–H and O–H groups in total. The molecule has 2 aromatic heterocycles. The zero-order valence-electron chi connectivity index (χ0n) is 37.5. The molecule has 0 bridgehead atoms. The summed E-state index contributed by atoms with van der Waals surface area (Å²) in [5.74, 6) is 1.96. The normalized spacial score (nSPS) is 21.9. The van der Waals surface area contributed by atoms with Crippen LogP contribution in [0, 0.1) is 23.5 Å². The van der Waals surface area contributed by atoms with E-state index in [2.05, 4.69) is 200 Å². The van der Waals surface area contributed by atoms with E-state index in [0.717, 1.165) is 51.0 Å². The van der Waals surface area contributed by atoms with Crippen molar-refractivity contribution in [2.75, 3.05) is 0 Å². The van der Waals surface area contributed by atoms with Crippen molar-refractivity contribution < 1.29 is 25.8 Å². The van der Waals surface area contributed by atoms with E-state index in [9.17, 15) is 0 Å². The van der Waals surface area contributed by atoms with Crippen molar-refractivity contribution in [2.24, 2.45) is 11.3 Å². The van der Waals surface area contributed by atoms with Gasteiger partial charge in [-0.05, 0) is 103 Å². The molecule has 5 aromatic rings. The number of hydrogen-bond donors (Lipinski definition) is 0. The number of ether oxygens (including phenoxy) is 1. The van der Waals surface area contributed by atoms with E-state index < -0.39 is 5.41 Å². The monoisotopic (exact) mass is 959 g/mol. The summed E-state index contributed by atoms with van der Waals surface area (Å²) in [5, 5.41) is 0. The van der Waals surface area contributed by atoms with Gasteiger partial charge in [-0.15, -0.1) is 35.4 Å². The number of rotatable bonds is 2. The zero-order valence-corrected chi connectivity index (χ0v) is 39.8. The summed E-state index contributed by atoms with van der Waals surface area (Å²) in [6.45, 7) is 32.9. The smallest absolute Gasteiger partial charge is 0.457 e. The third kappa shape index (κ3) is 5.69. The van der Waals surface area contributed by atoms with Crippen LogP contribution in [0.5, 0.6) is 11.5 Å².